The summed E-state index contributed by atoms with van der Waals surface area (Å²) in [5.41, 5.74) is 0. The zero-order valence-electron chi connectivity index (χ0n) is 9.26. The van der Waals surface area contributed by atoms with Crippen LogP contribution in [0.5, 0.6) is 0 Å². The molecule has 0 aliphatic carbocycles. The molecule has 0 amide bonds. The third-order valence-electron chi connectivity index (χ3n) is 3.20. The normalized spacial score (nSPS) is 37.6. The first kappa shape index (κ1) is 11.0. The molecular formula is C14H16N2. The van der Waals surface area contributed by atoms with Gasteiger partial charge in [0.05, 0.1) is 17.9 Å². The van der Waals surface area contributed by atoms with Gasteiger partial charge < -0.3 is 5.32 Å². The topological polar surface area (TPSA) is 24.4 Å². The minimum absolute atomic E-state index is 0.224. The van der Waals surface area contributed by atoms with Gasteiger partial charge in [0.15, 0.2) is 0 Å². The van der Waals surface area contributed by atoms with Crippen molar-refractivity contribution in [3.05, 3.63) is 12.2 Å². The van der Waals surface area contributed by atoms with E-state index in [4.69, 9.17) is 12.8 Å². The Kier molecular flexibility index (Phi) is 3.44. The molecule has 0 aromatic rings. The molecule has 2 nitrogen and oxygen atoms in total. The first-order valence-electron chi connectivity index (χ1n) is 5.70. The lowest BCUT2D eigenvalue weighted by atomic mass is 9.91. The van der Waals surface area contributed by atoms with Gasteiger partial charge in [-0.1, -0.05) is 24.0 Å². The number of aliphatic imine (C=N–C) groups is 1. The molecule has 0 aromatic heterocycles. The van der Waals surface area contributed by atoms with Crippen LogP contribution in [-0.2, 0) is 0 Å². The predicted molar refractivity (Wildman–Crippen MR) is 67.1 cm³/mol. The Morgan fingerprint density at radius 1 is 1.12 bits per heavy atom. The Bertz CT molecular complexity index is 343. The van der Waals surface area contributed by atoms with Crippen LogP contribution in [0.2, 0.25) is 0 Å². The molecule has 0 radical (unpaired) electrons. The Labute approximate surface area is 97.2 Å². The van der Waals surface area contributed by atoms with Crippen LogP contribution >= 0.6 is 0 Å². The van der Waals surface area contributed by atoms with Crippen molar-refractivity contribution in [2.45, 2.75) is 24.9 Å². The van der Waals surface area contributed by atoms with Crippen molar-refractivity contribution in [2.24, 2.45) is 16.8 Å². The van der Waals surface area contributed by atoms with Crippen LogP contribution in [-0.4, -0.2) is 24.8 Å². The van der Waals surface area contributed by atoms with Crippen molar-refractivity contribution in [1.29, 1.82) is 0 Å². The lowest BCUT2D eigenvalue weighted by Crippen LogP contribution is -2.43. The van der Waals surface area contributed by atoms with Crippen LogP contribution in [0.3, 0.4) is 0 Å². The summed E-state index contributed by atoms with van der Waals surface area (Å²) >= 11 is 0. The van der Waals surface area contributed by atoms with Crippen LogP contribution in [0.4, 0.5) is 0 Å². The van der Waals surface area contributed by atoms with Crippen molar-refractivity contribution in [1.82, 2.24) is 5.32 Å². The van der Waals surface area contributed by atoms with E-state index in [2.05, 4.69) is 34.3 Å². The van der Waals surface area contributed by atoms with Crippen LogP contribution in [0.1, 0.15) is 12.8 Å². The first-order valence-corrected chi connectivity index (χ1v) is 5.70. The maximum atomic E-state index is 5.37. The number of nitrogens with one attached hydrogen (secondary N) is 1. The summed E-state index contributed by atoms with van der Waals surface area (Å²) in [5.74, 6) is 5.91. The summed E-state index contributed by atoms with van der Waals surface area (Å²) in [5, 5.41) is 3.43. The highest BCUT2D eigenvalue weighted by atomic mass is 15.0. The van der Waals surface area contributed by atoms with Gasteiger partial charge >= 0.3 is 0 Å². The Balaban J connectivity index is 1.97. The standard InChI is InChI=1S/C14H16N2/c1-3-11-5-7-13(15-9-11)14-8-6-12(4-2)10-16-14/h1-2,5,7,10-15H,6,8-9H2/t11-,12+,13-,14+/m0/s1. The van der Waals surface area contributed by atoms with E-state index in [9.17, 15) is 0 Å². The fraction of sp³-hybridized carbons (Fsp3) is 0.500. The molecular weight excluding hydrogens is 196 g/mol. The van der Waals surface area contributed by atoms with E-state index >= 15 is 0 Å². The van der Waals surface area contributed by atoms with Gasteiger partial charge in [0, 0.05) is 18.8 Å². The molecule has 0 spiro atoms. The molecule has 2 rings (SSSR count). The van der Waals surface area contributed by atoms with Crippen LogP contribution in [0, 0.1) is 36.5 Å². The number of nitrogens with zero attached hydrogens (tertiary/aromatic N) is 1. The average Bonchev–Trinajstić information content (AvgIpc) is 2.39. The summed E-state index contributed by atoms with van der Waals surface area (Å²) in [4.78, 5) is 4.52. The van der Waals surface area contributed by atoms with Gasteiger partial charge in [-0.2, -0.15) is 0 Å². The molecule has 0 bridgehead atoms. The summed E-state index contributed by atoms with van der Waals surface area (Å²) in [6.07, 6.45) is 19.0. The fourth-order valence-electron chi connectivity index (χ4n) is 2.14. The van der Waals surface area contributed by atoms with Crippen molar-refractivity contribution in [3.63, 3.8) is 0 Å². The third-order valence-corrected chi connectivity index (χ3v) is 3.20. The van der Waals surface area contributed by atoms with Gasteiger partial charge in [0.25, 0.3) is 0 Å². The van der Waals surface area contributed by atoms with E-state index in [0.29, 0.717) is 12.1 Å². The molecule has 1 N–H and O–H groups in total. The Morgan fingerprint density at radius 2 is 1.94 bits per heavy atom. The van der Waals surface area contributed by atoms with Crippen molar-refractivity contribution in [2.75, 3.05) is 6.54 Å². The summed E-state index contributed by atoms with van der Waals surface area (Å²) < 4.78 is 0. The molecule has 0 saturated heterocycles. The average molecular weight is 212 g/mol. The van der Waals surface area contributed by atoms with Crippen molar-refractivity contribution in [3.8, 4) is 24.7 Å². The fourth-order valence-corrected chi connectivity index (χ4v) is 2.14. The minimum Gasteiger partial charge on any atom is -0.307 e. The Morgan fingerprint density at radius 3 is 2.44 bits per heavy atom. The molecule has 2 heteroatoms. The molecule has 0 fully saturated rings. The number of hydrogen-bond donors (Lipinski definition) is 1. The molecule has 0 saturated carbocycles. The zero-order valence-corrected chi connectivity index (χ0v) is 9.26. The van der Waals surface area contributed by atoms with Crippen LogP contribution in [0.15, 0.2) is 17.1 Å². The molecule has 2 aliphatic heterocycles. The van der Waals surface area contributed by atoms with E-state index in [1.165, 1.54) is 0 Å². The first-order chi connectivity index (χ1) is 7.83. The number of rotatable bonds is 1. The molecule has 0 unspecified atom stereocenters. The van der Waals surface area contributed by atoms with E-state index in [1.54, 1.807) is 0 Å². The smallest absolute Gasteiger partial charge is 0.0685 e. The number of hydrogen-bond acceptors (Lipinski definition) is 2. The largest absolute Gasteiger partial charge is 0.307 e. The second-order valence-corrected chi connectivity index (χ2v) is 4.31. The molecule has 16 heavy (non-hydrogen) atoms. The maximum absolute atomic E-state index is 5.37. The second-order valence-electron chi connectivity index (χ2n) is 4.31. The van der Waals surface area contributed by atoms with E-state index < -0.39 is 0 Å². The van der Waals surface area contributed by atoms with Gasteiger partial charge in [0.2, 0.25) is 0 Å². The number of terminal acetylenes is 2. The third kappa shape index (κ3) is 2.35. The van der Waals surface area contributed by atoms with Crippen LogP contribution in [0.25, 0.3) is 0 Å². The highest BCUT2D eigenvalue weighted by Crippen LogP contribution is 2.20. The summed E-state index contributed by atoms with van der Waals surface area (Å²) in [6.45, 7) is 0.849. The van der Waals surface area contributed by atoms with E-state index in [0.717, 1.165) is 19.4 Å². The summed E-state index contributed by atoms with van der Waals surface area (Å²) in [7, 11) is 0. The Hall–Kier alpha value is -1.51. The monoisotopic (exact) mass is 212 g/mol. The molecule has 2 aliphatic rings. The summed E-state index contributed by atoms with van der Waals surface area (Å²) in [6, 6.07) is 0.638. The van der Waals surface area contributed by atoms with Gasteiger partial charge in [-0.25, -0.2) is 0 Å². The zero-order chi connectivity index (χ0) is 11.4. The molecule has 2 heterocycles. The van der Waals surface area contributed by atoms with Crippen molar-refractivity contribution >= 4 is 6.21 Å². The second kappa shape index (κ2) is 5.01. The highest BCUT2D eigenvalue weighted by Gasteiger charge is 2.24. The predicted octanol–water partition coefficient (Wildman–Crippen LogP) is 1.25. The SMILES string of the molecule is C#C[C@H]1C=N[C@@H]([C@@H]2C=C[C@H](C#C)CN2)CC1. The van der Waals surface area contributed by atoms with Crippen LogP contribution < -0.4 is 5.32 Å². The quantitative estimate of drug-likeness (QED) is 0.513. The molecule has 82 valence electrons. The maximum Gasteiger partial charge on any atom is 0.0685 e. The molecule has 4 atom stereocenters. The van der Waals surface area contributed by atoms with E-state index in [1.807, 2.05) is 6.21 Å². The lowest BCUT2D eigenvalue weighted by molar-refractivity contribution is 0.423. The van der Waals surface area contributed by atoms with Gasteiger partial charge in [-0.15, -0.1) is 12.8 Å². The highest BCUT2D eigenvalue weighted by molar-refractivity contribution is 5.65. The molecule has 0 aromatic carbocycles. The van der Waals surface area contributed by atoms with Gasteiger partial charge in [-0.05, 0) is 12.8 Å². The van der Waals surface area contributed by atoms with Gasteiger partial charge in [0.1, 0.15) is 0 Å². The lowest BCUT2D eigenvalue weighted by Gasteiger charge is -2.29. The van der Waals surface area contributed by atoms with E-state index in [-0.39, 0.29) is 11.8 Å². The van der Waals surface area contributed by atoms with Gasteiger partial charge in [-0.3, -0.25) is 4.99 Å². The van der Waals surface area contributed by atoms with Crippen molar-refractivity contribution < 1.29 is 0 Å². The minimum atomic E-state index is 0.224.